The van der Waals surface area contributed by atoms with Crippen molar-refractivity contribution in [1.82, 2.24) is 14.9 Å². The van der Waals surface area contributed by atoms with Crippen molar-refractivity contribution in [3.63, 3.8) is 0 Å². The highest BCUT2D eigenvalue weighted by Gasteiger charge is 2.23. The number of amides is 1. The van der Waals surface area contributed by atoms with Crippen LogP contribution in [0.25, 0.3) is 0 Å². The van der Waals surface area contributed by atoms with Gasteiger partial charge in [0, 0.05) is 30.8 Å². The fourth-order valence-electron chi connectivity index (χ4n) is 2.98. The molecule has 0 aliphatic heterocycles. The normalized spacial score (nSPS) is 12.2. The van der Waals surface area contributed by atoms with E-state index in [4.69, 9.17) is 0 Å². The number of carbonyl (C=O) groups is 1. The van der Waals surface area contributed by atoms with Crippen molar-refractivity contribution in [2.45, 2.75) is 69.8 Å². The summed E-state index contributed by atoms with van der Waals surface area (Å²) in [7, 11) is 1.74. The van der Waals surface area contributed by atoms with Crippen molar-refractivity contribution in [1.29, 1.82) is 0 Å². The molecule has 0 aliphatic rings. The maximum Gasteiger partial charge on any atom is 0.257 e. The number of unbranched alkanes of at least 4 members (excludes halogenated alkanes) is 1. The molecule has 152 valence electrons. The van der Waals surface area contributed by atoms with E-state index in [1.165, 1.54) is 11.8 Å². The van der Waals surface area contributed by atoms with Crippen molar-refractivity contribution in [2.24, 2.45) is 7.05 Å². The highest BCUT2D eigenvalue weighted by Crippen LogP contribution is 2.25. The molecular weight excluding hydrogens is 370 g/mol. The first-order valence-electron chi connectivity index (χ1n) is 9.90. The lowest BCUT2D eigenvalue weighted by molar-refractivity contribution is -0.121. The third-order valence-electron chi connectivity index (χ3n) is 4.56. The number of nitrogens with one attached hydrogen (secondary N) is 1. The van der Waals surface area contributed by atoms with Crippen LogP contribution in [0.5, 0.6) is 0 Å². The van der Waals surface area contributed by atoms with E-state index in [0.717, 1.165) is 30.5 Å². The summed E-state index contributed by atoms with van der Waals surface area (Å²) in [5, 5.41) is 3.34. The molecule has 1 unspecified atom stereocenters. The van der Waals surface area contributed by atoms with Crippen LogP contribution < -0.4 is 10.9 Å². The molecule has 1 amide bonds. The Morgan fingerprint density at radius 3 is 2.54 bits per heavy atom. The minimum absolute atomic E-state index is 0.00807. The van der Waals surface area contributed by atoms with Crippen LogP contribution >= 0.6 is 11.8 Å². The Bertz CT molecular complexity index is 847. The maximum absolute atomic E-state index is 13.0. The molecule has 0 bridgehead atoms. The Balaban J connectivity index is 2.29. The quantitative estimate of drug-likeness (QED) is 0.512. The lowest BCUT2D eigenvalue weighted by Gasteiger charge is -2.19. The van der Waals surface area contributed by atoms with Gasteiger partial charge in [0.15, 0.2) is 5.16 Å². The molecule has 0 aliphatic carbocycles. The molecule has 1 aromatic heterocycles. The average molecular weight is 402 g/mol. The molecule has 5 nitrogen and oxygen atoms in total. The molecule has 0 saturated heterocycles. The molecule has 6 heteroatoms. The van der Waals surface area contributed by atoms with Gasteiger partial charge in [0.25, 0.3) is 5.56 Å². The third kappa shape index (κ3) is 5.96. The van der Waals surface area contributed by atoms with E-state index in [9.17, 15) is 9.59 Å². The number of thioether (sulfide) groups is 1. The number of hydrogen-bond acceptors (Lipinski definition) is 4. The Labute approximate surface area is 172 Å². The highest BCUT2D eigenvalue weighted by atomic mass is 32.2. The Morgan fingerprint density at radius 1 is 1.25 bits per heavy atom. The zero-order chi connectivity index (χ0) is 20.7. The predicted molar refractivity (Wildman–Crippen MR) is 116 cm³/mol. The summed E-state index contributed by atoms with van der Waals surface area (Å²) in [6, 6.07) is 10.0. The summed E-state index contributed by atoms with van der Waals surface area (Å²) >= 11 is 1.39. The van der Waals surface area contributed by atoms with Crippen molar-refractivity contribution in [3.05, 3.63) is 57.5 Å². The van der Waals surface area contributed by atoms with Gasteiger partial charge >= 0.3 is 0 Å². The van der Waals surface area contributed by atoms with E-state index in [0.29, 0.717) is 17.1 Å². The number of nitrogens with zero attached hydrogens (tertiary/aromatic N) is 2. The van der Waals surface area contributed by atoms with E-state index in [1.807, 2.05) is 51.1 Å². The second-order valence-corrected chi connectivity index (χ2v) is 8.57. The van der Waals surface area contributed by atoms with Gasteiger partial charge in [-0.1, -0.05) is 61.9 Å². The molecule has 2 aromatic rings. The van der Waals surface area contributed by atoms with Crippen LogP contribution in [0.15, 0.2) is 40.3 Å². The SMILES string of the molecule is CCCCC(Sc1nc(C)c(Cc2ccccc2)c(=O)n1C)C(=O)NC(C)C. The van der Waals surface area contributed by atoms with Crippen LogP contribution in [0.4, 0.5) is 0 Å². The molecular formula is C22H31N3O2S. The minimum atomic E-state index is -0.250. The summed E-state index contributed by atoms with van der Waals surface area (Å²) in [4.78, 5) is 30.3. The fourth-order valence-corrected chi connectivity index (χ4v) is 4.12. The summed E-state index contributed by atoms with van der Waals surface area (Å²) in [5.74, 6) is 0.00807. The molecule has 0 spiro atoms. The summed E-state index contributed by atoms with van der Waals surface area (Å²) < 4.78 is 1.58. The fraction of sp³-hybridized carbons (Fsp3) is 0.500. The lowest BCUT2D eigenvalue weighted by Crippen LogP contribution is -2.38. The molecule has 1 N–H and O–H groups in total. The maximum atomic E-state index is 13.0. The Morgan fingerprint density at radius 2 is 1.93 bits per heavy atom. The second kappa shape index (κ2) is 10.5. The number of carbonyl (C=O) groups excluding carboxylic acids is 1. The van der Waals surface area contributed by atoms with Crippen LogP contribution in [0, 0.1) is 6.92 Å². The molecule has 0 radical (unpaired) electrons. The second-order valence-electron chi connectivity index (χ2n) is 7.40. The number of hydrogen-bond donors (Lipinski definition) is 1. The molecule has 0 fully saturated rings. The minimum Gasteiger partial charge on any atom is -0.353 e. The first-order valence-corrected chi connectivity index (χ1v) is 10.8. The lowest BCUT2D eigenvalue weighted by atomic mass is 10.1. The van der Waals surface area contributed by atoms with E-state index in [2.05, 4.69) is 17.2 Å². The van der Waals surface area contributed by atoms with Crippen LogP contribution in [0.3, 0.4) is 0 Å². The first-order chi connectivity index (χ1) is 13.3. The zero-order valence-electron chi connectivity index (χ0n) is 17.5. The van der Waals surface area contributed by atoms with E-state index in [1.54, 1.807) is 11.6 Å². The van der Waals surface area contributed by atoms with Crippen molar-refractivity contribution < 1.29 is 4.79 Å². The van der Waals surface area contributed by atoms with Gasteiger partial charge in [0.1, 0.15) is 0 Å². The van der Waals surface area contributed by atoms with Crippen LogP contribution in [0.1, 0.15) is 56.9 Å². The number of rotatable bonds is 9. The topological polar surface area (TPSA) is 64.0 Å². The van der Waals surface area contributed by atoms with Crippen molar-refractivity contribution >= 4 is 17.7 Å². The number of benzene rings is 1. The van der Waals surface area contributed by atoms with E-state index < -0.39 is 0 Å². The molecule has 28 heavy (non-hydrogen) atoms. The zero-order valence-corrected chi connectivity index (χ0v) is 18.3. The van der Waals surface area contributed by atoms with E-state index in [-0.39, 0.29) is 22.8 Å². The van der Waals surface area contributed by atoms with Gasteiger partial charge in [-0.25, -0.2) is 4.98 Å². The van der Waals surface area contributed by atoms with Gasteiger partial charge < -0.3 is 5.32 Å². The predicted octanol–water partition coefficient (Wildman–Crippen LogP) is 3.86. The summed E-state index contributed by atoms with van der Waals surface area (Å²) in [5.41, 5.74) is 2.47. The molecule has 2 rings (SSSR count). The van der Waals surface area contributed by atoms with Gasteiger partial charge in [-0.2, -0.15) is 0 Å². The average Bonchev–Trinajstić information content (AvgIpc) is 2.66. The first kappa shape index (κ1) is 22.2. The number of aryl methyl sites for hydroxylation is 1. The highest BCUT2D eigenvalue weighted by molar-refractivity contribution is 8.00. The molecule has 1 heterocycles. The van der Waals surface area contributed by atoms with Crippen LogP contribution in [-0.4, -0.2) is 26.8 Å². The van der Waals surface area contributed by atoms with Crippen molar-refractivity contribution in [2.75, 3.05) is 0 Å². The monoisotopic (exact) mass is 401 g/mol. The Kier molecular flexibility index (Phi) is 8.30. The molecule has 1 aromatic carbocycles. The molecule has 0 saturated carbocycles. The van der Waals surface area contributed by atoms with Gasteiger partial charge in [0.05, 0.1) is 5.25 Å². The molecule has 1 atom stereocenters. The van der Waals surface area contributed by atoms with Crippen LogP contribution in [-0.2, 0) is 18.3 Å². The smallest absolute Gasteiger partial charge is 0.257 e. The third-order valence-corrected chi connectivity index (χ3v) is 5.87. The largest absolute Gasteiger partial charge is 0.353 e. The standard InChI is InChI=1S/C22H31N3O2S/c1-6-7-13-19(20(26)23-15(2)3)28-22-24-16(4)18(21(27)25(22)5)14-17-11-9-8-10-12-17/h8-12,15,19H,6-7,13-14H2,1-5H3,(H,23,26). The van der Waals surface area contributed by atoms with Gasteiger partial charge in [-0.05, 0) is 32.8 Å². The van der Waals surface area contributed by atoms with Gasteiger partial charge in [0.2, 0.25) is 5.91 Å². The van der Waals surface area contributed by atoms with Crippen LogP contribution in [0.2, 0.25) is 0 Å². The number of aromatic nitrogens is 2. The summed E-state index contributed by atoms with van der Waals surface area (Å²) in [6.45, 7) is 7.89. The summed E-state index contributed by atoms with van der Waals surface area (Å²) in [6.07, 6.45) is 3.31. The Hall–Kier alpha value is -2.08. The van der Waals surface area contributed by atoms with Gasteiger partial charge in [-0.3, -0.25) is 14.2 Å². The van der Waals surface area contributed by atoms with Gasteiger partial charge in [-0.15, -0.1) is 0 Å². The van der Waals surface area contributed by atoms with Crippen molar-refractivity contribution in [3.8, 4) is 0 Å². The van der Waals surface area contributed by atoms with E-state index >= 15 is 0 Å².